The highest BCUT2D eigenvalue weighted by atomic mass is 15.0. The fourth-order valence-electron chi connectivity index (χ4n) is 12.1. The average Bonchev–Trinajstić information content (AvgIpc) is 2.24. The number of rotatable bonds is 8. The highest BCUT2D eigenvalue weighted by Crippen LogP contribution is 2.47. The molecule has 0 radical (unpaired) electrons. The first-order valence-corrected chi connectivity index (χ1v) is 27.0. The molecule has 0 saturated heterocycles. The molecule has 0 fully saturated rings. The van der Waals surface area contributed by atoms with Crippen LogP contribution in [0.25, 0.3) is 144 Å². The summed E-state index contributed by atoms with van der Waals surface area (Å²) in [4.78, 5) is 19.2. The second kappa shape index (κ2) is 19.3. The van der Waals surface area contributed by atoms with Crippen LogP contribution < -0.4 is 0 Å². The molecular weight excluding hydrogens is 1020 g/mol. The number of para-hydroxylation sites is 4. The monoisotopic (exact) mass is 1060 g/mol. The van der Waals surface area contributed by atoms with E-state index in [4.69, 9.17) is 21.5 Å². The predicted molar refractivity (Wildman–Crippen MR) is 330 cm³/mol. The van der Waals surface area contributed by atoms with Crippen molar-refractivity contribution in [3.8, 4) is 91.7 Å². The zero-order valence-corrected chi connectivity index (χ0v) is 44.1. The van der Waals surface area contributed by atoms with Crippen LogP contribution in [0.4, 0.5) is 5.69 Å². The first-order chi connectivity index (χ1) is 41.0. The van der Waals surface area contributed by atoms with Crippen LogP contribution in [0.2, 0.25) is 0 Å². The van der Waals surface area contributed by atoms with E-state index >= 15 is 0 Å². The molecule has 0 unspecified atom stereocenters. The molecule has 0 spiro atoms. The number of nitrogens with zero attached hydrogens (tertiary/aromatic N) is 10. The molecule has 0 atom stereocenters. The van der Waals surface area contributed by atoms with Crippen LogP contribution in [0.15, 0.2) is 243 Å². The number of nitriles is 3. The van der Waals surface area contributed by atoms with Crippen LogP contribution in [0.5, 0.6) is 0 Å². The Balaban J connectivity index is 1.10. The Labute approximate surface area is 475 Å². The van der Waals surface area contributed by atoms with Gasteiger partial charge in [-0.1, -0.05) is 152 Å². The van der Waals surface area contributed by atoms with E-state index < -0.39 is 0 Å². The van der Waals surface area contributed by atoms with Gasteiger partial charge in [0.05, 0.1) is 74.7 Å². The highest BCUT2D eigenvalue weighted by Gasteiger charge is 2.27. The Hall–Kier alpha value is -12.2. The molecular formula is C73H40N10. The van der Waals surface area contributed by atoms with Crippen LogP contribution in [0, 0.1) is 40.6 Å². The average molecular weight is 1060 g/mol. The summed E-state index contributed by atoms with van der Waals surface area (Å²) in [6, 6.07) is 88.2. The van der Waals surface area contributed by atoms with E-state index in [0.717, 1.165) is 87.9 Å². The van der Waals surface area contributed by atoms with Crippen LogP contribution >= 0.6 is 0 Å². The minimum Gasteiger partial charge on any atom is -0.309 e. The SMILES string of the molecule is [C-]#[N+]c1ccc(-c2cc(-c3nc(-c4ccccc4)nc(-c4ccccc4)n3)cc(-c3ccc(C#N)cc3C#N)c2-n2c3ccc(-n4c5ccccc5c5ccccc54)cc3c3cc(-n4c5ccccc5c5ccccc54)ccc32)c(C#N)c1. The zero-order valence-electron chi connectivity index (χ0n) is 44.1. The molecule has 83 heavy (non-hydrogen) atoms. The normalized spacial score (nSPS) is 11.3. The molecule has 10 heteroatoms. The van der Waals surface area contributed by atoms with Gasteiger partial charge in [0.2, 0.25) is 0 Å². The van der Waals surface area contributed by atoms with Gasteiger partial charge in [0.25, 0.3) is 0 Å². The Kier molecular flexibility index (Phi) is 11.2. The molecule has 15 rings (SSSR count). The van der Waals surface area contributed by atoms with Gasteiger partial charge in [-0.25, -0.2) is 19.8 Å². The fourth-order valence-corrected chi connectivity index (χ4v) is 12.1. The number of hydrogen-bond donors (Lipinski definition) is 0. The molecule has 0 aliphatic rings. The largest absolute Gasteiger partial charge is 0.309 e. The number of aromatic nitrogens is 6. The number of hydrogen-bond acceptors (Lipinski definition) is 6. The van der Waals surface area contributed by atoms with Crippen LogP contribution in [0.1, 0.15) is 16.7 Å². The third kappa shape index (κ3) is 7.72. The molecule has 4 heterocycles. The van der Waals surface area contributed by atoms with Gasteiger partial charge in [0.1, 0.15) is 0 Å². The standard InChI is InChI=1S/C73H40N10/c1-77-51-29-33-55(50(37-51)44-76)63-39-48(73-79-71(46-16-4-2-5-17-46)78-72(80-73)47-18-6-3-7-19-47)38-62(54-32-28-45(42-74)36-49(54)43-75)70(63)83-68-34-30-52(81-64-24-12-8-20-56(64)57-21-9-13-25-65(57)81)40-60(68)61-41-53(31-35-69(61)83)82-66-26-14-10-22-58(66)59-23-11-15-27-67(59)82/h2-41H. The van der Waals surface area contributed by atoms with E-state index in [2.05, 4.69) is 170 Å². The number of benzene rings is 11. The van der Waals surface area contributed by atoms with Gasteiger partial charge in [-0.05, 0) is 96.6 Å². The lowest BCUT2D eigenvalue weighted by atomic mass is 9.88. The Bertz CT molecular complexity index is 4950. The Morgan fingerprint density at radius 3 is 1.16 bits per heavy atom. The van der Waals surface area contributed by atoms with E-state index in [0.29, 0.717) is 62.2 Å². The smallest absolute Gasteiger partial charge is 0.188 e. The van der Waals surface area contributed by atoms with E-state index in [1.165, 1.54) is 0 Å². The molecule has 0 amide bonds. The first-order valence-electron chi connectivity index (χ1n) is 27.0. The highest BCUT2D eigenvalue weighted by molar-refractivity contribution is 6.15. The minimum absolute atomic E-state index is 0.269. The van der Waals surface area contributed by atoms with Crippen LogP contribution in [-0.2, 0) is 0 Å². The van der Waals surface area contributed by atoms with Gasteiger partial charge >= 0.3 is 0 Å². The molecule has 15 aromatic rings. The van der Waals surface area contributed by atoms with Crippen molar-refractivity contribution in [2.45, 2.75) is 0 Å². The lowest BCUT2D eigenvalue weighted by molar-refractivity contribution is 1.07. The fraction of sp³-hybridized carbons (Fsp3) is 0. The lowest BCUT2D eigenvalue weighted by Gasteiger charge is -2.22. The van der Waals surface area contributed by atoms with Gasteiger partial charge < -0.3 is 13.7 Å². The summed E-state index contributed by atoms with van der Waals surface area (Å²) < 4.78 is 6.89. The van der Waals surface area contributed by atoms with Gasteiger partial charge in [-0.15, -0.1) is 0 Å². The summed E-state index contributed by atoms with van der Waals surface area (Å²) in [5.41, 5.74) is 14.2. The molecule has 0 N–H and O–H groups in total. The van der Waals surface area contributed by atoms with E-state index in [9.17, 15) is 15.8 Å². The van der Waals surface area contributed by atoms with Crippen molar-refractivity contribution in [2.75, 3.05) is 0 Å². The van der Waals surface area contributed by atoms with Gasteiger partial charge in [0.15, 0.2) is 23.2 Å². The summed E-state index contributed by atoms with van der Waals surface area (Å²) >= 11 is 0. The van der Waals surface area contributed by atoms with Crippen molar-refractivity contribution in [3.05, 3.63) is 271 Å². The van der Waals surface area contributed by atoms with Crippen LogP contribution in [-0.4, -0.2) is 28.7 Å². The van der Waals surface area contributed by atoms with Crippen molar-refractivity contribution in [3.63, 3.8) is 0 Å². The molecule has 0 aliphatic heterocycles. The minimum atomic E-state index is 0.269. The van der Waals surface area contributed by atoms with E-state index in [-0.39, 0.29) is 11.1 Å². The summed E-state index contributed by atoms with van der Waals surface area (Å²) in [7, 11) is 0. The van der Waals surface area contributed by atoms with Crippen molar-refractivity contribution < 1.29 is 0 Å². The van der Waals surface area contributed by atoms with Crippen molar-refractivity contribution >= 4 is 71.1 Å². The molecule has 4 aromatic heterocycles. The zero-order chi connectivity index (χ0) is 55.7. The first kappa shape index (κ1) is 48.0. The third-order valence-electron chi connectivity index (χ3n) is 15.8. The Morgan fingerprint density at radius 1 is 0.325 bits per heavy atom. The third-order valence-corrected chi connectivity index (χ3v) is 15.8. The lowest BCUT2D eigenvalue weighted by Crippen LogP contribution is -2.05. The molecule has 11 aromatic carbocycles. The second-order valence-corrected chi connectivity index (χ2v) is 20.4. The summed E-state index contributed by atoms with van der Waals surface area (Å²) in [6.07, 6.45) is 0. The van der Waals surface area contributed by atoms with Crippen molar-refractivity contribution in [2.24, 2.45) is 0 Å². The van der Waals surface area contributed by atoms with Gasteiger partial charge in [-0.3, -0.25) is 0 Å². The molecule has 0 aliphatic carbocycles. The quantitative estimate of drug-likeness (QED) is 0.139. The molecule has 10 nitrogen and oxygen atoms in total. The molecule has 382 valence electrons. The maximum atomic E-state index is 11.2. The molecule has 0 bridgehead atoms. The predicted octanol–water partition coefficient (Wildman–Crippen LogP) is 17.7. The summed E-state index contributed by atoms with van der Waals surface area (Å²) in [6.45, 7) is 8.03. The summed E-state index contributed by atoms with van der Waals surface area (Å²) in [5, 5.41) is 39.1. The molecule has 0 saturated carbocycles. The maximum absolute atomic E-state index is 11.2. The number of fused-ring (bicyclic) bond motifs is 9. The van der Waals surface area contributed by atoms with Crippen molar-refractivity contribution in [1.29, 1.82) is 15.8 Å². The van der Waals surface area contributed by atoms with Crippen molar-refractivity contribution in [1.82, 2.24) is 28.7 Å². The van der Waals surface area contributed by atoms with Crippen LogP contribution in [0.3, 0.4) is 0 Å². The maximum Gasteiger partial charge on any atom is 0.188 e. The van der Waals surface area contributed by atoms with E-state index in [1.807, 2.05) is 84.9 Å². The second-order valence-electron chi connectivity index (χ2n) is 20.4. The van der Waals surface area contributed by atoms with Gasteiger partial charge in [-0.2, -0.15) is 15.8 Å². The van der Waals surface area contributed by atoms with Gasteiger partial charge in [0, 0.05) is 82.6 Å². The van der Waals surface area contributed by atoms with E-state index in [1.54, 1.807) is 24.3 Å². The Morgan fingerprint density at radius 2 is 0.723 bits per heavy atom. The topological polar surface area (TPSA) is 129 Å². The summed E-state index contributed by atoms with van der Waals surface area (Å²) in [5.74, 6) is 1.26.